The average molecular weight is 306 g/mol. The van der Waals surface area contributed by atoms with E-state index in [0.29, 0.717) is 37.7 Å². The van der Waals surface area contributed by atoms with Crippen LogP contribution in [0.1, 0.15) is 63.1 Å². The van der Waals surface area contributed by atoms with Crippen molar-refractivity contribution < 1.29 is 9.59 Å². The van der Waals surface area contributed by atoms with Crippen LogP contribution in [-0.2, 0) is 10.3 Å². The molecule has 1 aliphatic rings. The van der Waals surface area contributed by atoms with Gasteiger partial charge >= 0.3 is 0 Å². The molecule has 0 aliphatic carbocycles. The number of rotatable bonds is 2. The van der Waals surface area contributed by atoms with Crippen molar-refractivity contribution in [1.82, 2.24) is 20.0 Å². The van der Waals surface area contributed by atoms with Gasteiger partial charge in [0.25, 0.3) is 5.91 Å². The van der Waals surface area contributed by atoms with Crippen LogP contribution in [0.25, 0.3) is 0 Å². The van der Waals surface area contributed by atoms with Crippen molar-refractivity contribution in [3.8, 4) is 0 Å². The zero-order valence-corrected chi connectivity index (χ0v) is 14.1. The minimum absolute atomic E-state index is 0.00149. The fraction of sp³-hybridized carbons (Fsp3) is 0.688. The van der Waals surface area contributed by atoms with Crippen molar-refractivity contribution in [2.24, 2.45) is 0 Å². The van der Waals surface area contributed by atoms with E-state index in [1.54, 1.807) is 4.90 Å². The smallest absolute Gasteiger partial charge is 0.274 e. The maximum atomic E-state index is 12.7. The lowest BCUT2D eigenvalue weighted by molar-refractivity contribution is -0.120. The van der Waals surface area contributed by atoms with Crippen molar-refractivity contribution in [3.05, 3.63) is 17.5 Å². The van der Waals surface area contributed by atoms with Crippen LogP contribution in [0.5, 0.6) is 0 Å². The monoisotopic (exact) mass is 306 g/mol. The van der Waals surface area contributed by atoms with Gasteiger partial charge in [0.05, 0.1) is 5.54 Å². The van der Waals surface area contributed by atoms with Gasteiger partial charge in [-0.15, -0.1) is 0 Å². The Kier molecular flexibility index (Phi) is 4.58. The number of hydrogen-bond donors (Lipinski definition) is 1. The van der Waals surface area contributed by atoms with E-state index in [-0.39, 0.29) is 17.4 Å². The third kappa shape index (κ3) is 3.48. The number of nitrogens with zero attached hydrogens (tertiary/aromatic N) is 3. The summed E-state index contributed by atoms with van der Waals surface area (Å²) >= 11 is 0. The molecule has 6 nitrogen and oxygen atoms in total. The Morgan fingerprint density at radius 1 is 1.32 bits per heavy atom. The summed E-state index contributed by atoms with van der Waals surface area (Å²) < 4.78 is 1.94. The number of carbonyl (C=O) groups excluding carboxylic acids is 2. The van der Waals surface area contributed by atoms with Gasteiger partial charge in [-0.05, 0) is 32.8 Å². The van der Waals surface area contributed by atoms with Crippen molar-refractivity contribution in [1.29, 1.82) is 0 Å². The summed E-state index contributed by atoms with van der Waals surface area (Å²) in [5.41, 5.74) is 1.35. The van der Waals surface area contributed by atoms with Gasteiger partial charge in [0.2, 0.25) is 5.91 Å². The first-order valence-electron chi connectivity index (χ1n) is 7.86. The molecule has 0 atom stereocenters. The molecule has 0 spiro atoms. The number of hydrogen-bond acceptors (Lipinski definition) is 3. The van der Waals surface area contributed by atoms with E-state index in [9.17, 15) is 9.59 Å². The molecule has 1 aromatic heterocycles. The number of nitrogens with one attached hydrogen (secondary N) is 1. The highest BCUT2D eigenvalue weighted by atomic mass is 16.2. The second-order valence-corrected chi connectivity index (χ2v) is 7.08. The third-order valence-electron chi connectivity index (χ3n) is 3.78. The SMILES string of the molecule is CC(C)c1cc(C(=O)N2CCNC(=O)CC2)nn1C(C)(C)C. The van der Waals surface area contributed by atoms with Gasteiger partial charge in [-0.2, -0.15) is 5.10 Å². The maximum absolute atomic E-state index is 12.7. The Hall–Kier alpha value is -1.85. The van der Waals surface area contributed by atoms with Gasteiger partial charge in [-0.1, -0.05) is 13.8 Å². The molecule has 0 bridgehead atoms. The van der Waals surface area contributed by atoms with Crippen molar-refractivity contribution in [2.45, 2.75) is 52.5 Å². The second-order valence-electron chi connectivity index (χ2n) is 7.08. The van der Waals surface area contributed by atoms with Gasteiger partial charge in [-0.25, -0.2) is 0 Å². The normalized spacial score (nSPS) is 16.6. The van der Waals surface area contributed by atoms with Crippen LogP contribution in [-0.4, -0.2) is 46.1 Å². The molecule has 1 fully saturated rings. The van der Waals surface area contributed by atoms with Gasteiger partial charge in [0.1, 0.15) is 0 Å². The van der Waals surface area contributed by atoms with Crippen LogP contribution < -0.4 is 5.32 Å². The standard InChI is InChI=1S/C16H26N4O2/c1-11(2)13-10-12(18-20(13)16(3,4)5)15(22)19-8-6-14(21)17-7-9-19/h10-11H,6-9H2,1-5H3,(H,17,21). The highest BCUT2D eigenvalue weighted by Crippen LogP contribution is 2.24. The summed E-state index contributed by atoms with van der Waals surface area (Å²) in [6.45, 7) is 11.9. The van der Waals surface area contributed by atoms with E-state index >= 15 is 0 Å². The molecule has 0 unspecified atom stereocenters. The molecule has 0 aromatic carbocycles. The molecule has 1 saturated heterocycles. The Morgan fingerprint density at radius 2 is 2.00 bits per heavy atom. The first kappa shape index (κ1) is 16.5. The molecule has 0 saturated carbocycles. The van der Waals surface area contributed by atoms with E-state index in [1.807, 2.05) is 10.7 Å². The Morgan fingerprint density at radius 3 is 2.55 bits per heavy atom. The largest absolute Gasteiger partial charge is 0.354 e. The summed E-state index contributed by atoms with van der Waals surface area (Å²) in [7, 11) is 0. The van der Waals surface area contributed by atoms with Crippen molar-refractivity contribution >= 4 is 11.8 Å². The predicted octanol–water partition coefficient (Wildman–Crippen LogP) is 1.72. The highest BCUT2D eigenvalue weighted by Gasteiger charge is 2.26. The molecule has 2 heterocycles. The molecule has 2 rings (SSSR count). The minimum Gasteiger partial charge on any atom is -0.354 e. The molecular formula is C16H26N4O2. The Labute approximate surface area is 131 Å². The predicted molar refractivity (Wildman–Crippen MR) is 84.8 cm³/mol. The lowest BCUT2D eigenvalue weighted by Crippen LogP contribution is -2.35. The lowest BCUT2D eigenvalue weighted by Gasteiger charge is -2.24. The average Bonchev–Trinajstić information content (AvgIpc) is 2.77. The number of carbonyl (C=O) groups is 2. The third-order valence-corrected chi connectivity index (χ3v) is 3.78. The van der Waals surface area contributed by atoms with E-state index < -0.39 is 0 Å². The maximum Gasteiger partial charge on any atom is 0.274 e. The molecule has 122 valence electrons. The van der Waals surface area contributed by atoms with Gasteiger partial charge in [-0.3, -0.25) is 14.3 Å². The molecular weight excluding hydrogens is 280 g/mol. The molecule has 22 heavy (non-hydrogen) atoms. The number of aromatic nitrogens is 2. The fourth-order valence-electron chi connectivity index (χ4n) is 2.58. The first-order valence-corrected chi connectivity index (χ1v) is 7.86. The zero-order chi connectivity index (χ0) is 16.5. The van der Waals surface area contributed by atoms with Crippen LogP contribution in [0.4, 0.5) is 0 Å². The fourth-order valence-corrected chi connectivity index (χ4v) is 2.58. The van der Waals surface area contributed by atoms with E-state index in [2.05, 4.69) is 45.0 Å². The quantitative estimate of drug-likeness (QED) is 0.904. The van der Waals surface area contributed by atoms with Gasteiger partial charge < -0.3 is 10.2 Å². The molecule has 1 aliphatic heterocycles. The van der Waals surface area contributed by atoms with Gasteiger partial charge in [0.15, 0.2) is 5.69 Å². The summed E-state index contributed by atoms with van der Waals surface area (Å²) in [6, 6.07) is 1.89. The summed E-state index contributed by atoms with van der Waals surface area (Å²) in [4.78, 5) is 25.8. The van der Waals surface area contributed by atoms with Gasteiger partial charge in [0, 0.05) is 31.7 Å². The van der Waals surface area contributed by atoms with E-state index in [4.69, 9.17) is 0 Å². The van der Waals surface area contributed by atoms with Crippen LogP contribution in [0.15, 0.2) is 6.07 Å². The second kappa shape index (κ2) is 6.10. The zero-order valence-electron chi connectivity index (χ0n) is 14.1. The van der Waals surface area contributed by atoms with Crippen molar-refractivity contribution in [3.63, 3.8) is 0 Å². The van der Waals surface area contributed by atoms with Crippen molar-refractivity contribution in [2.75, 3.05) is 19.6 Å². The minimum atomic E-state index is -0.172. The van der Waals surface area contributed by atoms with Crippen LogP contribution >= 0.6 is 0 Å². The topological polar surface area (TPSA) is 67.2 Å². The highest BCUT2D eigenvalue weighted by molar-refractivity contribution is 5.93. The van der Waals surface area contributed by atoms with Crippen LogP contribution in [0, 0.1) is 0 Å². The van der Waals surface area contributed by atoms with Crippen LogP contribution in [0.2, 0.25) is 0 Å². The lowest BCUT2D eigenvalue weighted by atomic mass is 10.1. The van der Waals surface area contributed by atoms with Crippen LogP contribution in [0.3, 0.4) is 0 Å². The summed E-state index contributed by atoms with van der Waals surface area (Å²) in [6.07, 6.45) is 0.350. The Bertz CT molecular complexity index is 569. The van der Waals surface area contributed by atoms with E-state index in [1.165, 1.54) is 0 Å². The number of amides is 2. The van der Waals surface area contributed by atoms with E-state index in [0.717, 1.165) is 5.69 Å². The summed E-state index contributed by atoms with van der Waals surface area (Å²) in [5.74, 6) is 0.195. The first-order chi connectivity index (χ1) is 10.2. The Balaban J connectivity index is 2.28. The molecule has 6 heteroatoms. The molecule has 1 aromatic rings. The molecule has 0 radical (unpaired) electrons. The molecule has 1 N–H and O–H groups in total. The summed E-state index contributed by atoms with van der Waals surface area (Å²) in [5, 5.41) is 7.33. The molecule has 2 amide bonds.